The Morgan fingerprint density at radius 3 is 2.21 bits per heavy atom. The molecule has 0 atom stereocenters. The lowest BCUT2D eigenvalue weighted by atomic mass is 10.4. The van der Waals surface area contributed by atoms with Crippen LogP contribution in [0.15, 0.2) is 12.2 Å². The van der Waals surface area contributed by atoms with Crippen molar-refractivity contribution in [3.8, 4) is 0 Å². The van der Waals surface area contributed by atoms with E-state index in [0.29, 0.717) is 5.57 Å². The lowest BCUT2D eigenvalue weighted by Crippen LogP contribution is -2.14. The van der Waals surface area contributed by atoms with Gasteiger partial charge in [0.2, 0.25) is 0 Å². The van der Waals surface area contributed by atoms with Crippen LogP contribution in [0.25, 0.3) is 0 Å². The molecule has 0 aliphatic rings. The average Bonchev–Trinajstić information content (AvgIpc) is 2.12. The van der Waals surface area contributed by atoms with E-state index >= 15 is 0 Å². The fraction of sp³-hybridized carbons (Fsp3) is 0.556. The SMILES string of the molecule is C=C(C)C(=O)OCCOC(=O)OCC. The van der Waals surface area contributed by atoms with Gasteiger partial charge in [-0.25, -0.2) is 9.59 Å². The Balaban J connectivity index is 3.42. The van der Waals surface area contributed by atoms with Crippen LogP contribution >= 0.6 is 0 Å². The first-order chi connectivity index (χ1) is 6.57. The molecule has 0 fully saturated rings. The first kappa shape index (κ1) is 12.5. The van der Waals surface area contributed by atoms with Gasteiger partial charge < -0.3 is 14.2 Å². The summed E-state index contributed by atoms with van der Waals surface area (Å²) in [4.78, 5) is 21.4. The van der Waals surface area contributed by atoms with E-state index in [0.717, 1.165) is 0 Å². The Bertz CT molecular complexity index is 221. The minimum absolute atomic E-state index is 0.00447. The van der Waals surface area contributed by atoms with Crippen molar-refractivity contribution in [3.05, 3.63) is 12.2 Å². The van der Waals surface area contributed by atoms with Gasteiger partial charge in [-0.1, -0.05) is 6.58 Å². The van der Waals surface area contributed by atoms with Crippen LogP contribution in [0.1, 0.15) is 13.8 Å². The minimum Gasteiger partial charge on any atom is -0.459 e. The number of rotatable bonds is 5. The molecule has 0 unspecified atom stereocenters. The molecule has 0 aromatic heterocycles. The van der Waals surface area contributed by atoms with E-state index in [4.69, 9.17) is 0 Å². The highest BCUT2D eigenvalue weighted by atomic mass is 16.7. The van der Waals surface area contributed by atoms with Crippen LogP contribution in [-0.4, -0.2) is 31.9 Å². The second kappa shape index (κ2) is 6.94. The first-order valence-electron chi connectivity index (χ1n) is 4.20. The third-order valence-corrected chi connectivity index (χ3v) is 1.15. The van der Waals surface area contributed by atoms with E-state index in [1.165, 1.54) is 6.92 Å². The fourth-order valence-electron chi connectivity index (χ4n) is 0.542. The normalized spacial score (nSPS) is 9.00. The molecule has 0 N–H and O–H groups in total. The average molecular weight is 202 g/mol. The number of hydrogen-bond donors (Lipinski definition) is 0. The smallest absolute Gasteiger partial charge is 0.459 e. The summed E-state index contributed by atoms with van der Waals surface area (Å²) >= 11 is 0. The van der Waals surface area contributed by atoms with Crippen LogP contribution in [0, 0.1) is 0 Å². The van der Waals surface area contributed by atoms with E-state index in [1.807, 2.05) is 0 Å². The highest BCUT2D eigenvalue weighted by Gasteiger charge is 2.04. The molecule has 14 heavy (non-hydrogen) atoms. The van der Waals surface area contributed by atoms with Crippen LogP contribution in [0.4, 0.5) is 4.79 Å². The number of esters is 1. The summed E-state index contributed by atoms with van der Waals surface area (Å²) in [6.45, 7) is 6.84. The van der Waals surface area contributed by atoms with Gasteiger partial charge in [0, 0.05) is 5.57 Å². The molecule has 5 nitrogen and oxygen atoms in total. The summed E-state index contributed by atoms with van der Waals surface area (Å²) in [5, 5.41) is 0. The maximum Gasteiger partial charge on any atom is 0.508 e. The van der Waals surface area contributed by atoms with E-state index in [2.05, 4.69) is 20.8 Å². The van der Waals surface area contributed by atoms with Crippen molar-refractivity contribution in [1.29, 1.82) is 0 Å². The zero-order valence-corrected chi connectivity index (χ0v) is 8.37. The lowest BCUT2D eigenvalue weighted by Gasteiger charge is -2.05. The van der Waals surface area contributed by atoms with Gasteiger partial charge in [0.25, 0.3) is 0 Å². The summed E-state index contributed by atoms with van der Waals surface area (Å²) < 4.78 is 13.7. The molecule has 0 saturated carbocycles. The zero-order chi connectivity index (χ0) is 11.0. The highest BCUT2D eigenvalue weighted by Crippen LogP contribution is 1.92. The Labute approximate surface area is 82.6 Å². The molecule has 0 amide bonds. The van der Waals surface area contributed by atoms with Crippen LogP contribution in [0.3, 0.4) is 0 Å². The van der Waals surface area contributed by atoms with Gasteiger partial charge in [0.1, 0.15) is 13.2 Å². The van der Waals surface area contributed by atoms with Gasteiger partial charge in [0.05, 0.1) is 6.61 Å². The molecule has 0 aromatic rings. The third-order valence-electron chi connectivity index (χ3n) is 1.15. The predicted molar refractivity (Wildman–Crippen MR) is 48.7 cm³/mol. The number of hydrogen-bond acceptors (Lipinski definition) is 5. The van der Waals surface area contributed by atoms with Crippen molar-refractivity contribution >= 4 is 12.1 Å². The van der Waals surface area contributed by atoms with Crippen molar-refractivity contribution in [2.24, 2.45) is 0 Å². The van der Waals surface area contributed by atoms with Crippen LogP contribution in [0.2, 0.25) is 0 Å². The summed E-state index contributed by atoms with van der Waals surface area (Å²) in [6, 6.07) is 0. The Hall–Kier alpha value is -1.52. The number of carbonyl (C=O) groups excluding carboxylic acids is 2. The van der Waals surface area contributed by atoms with Gasteiger partial charge in [-0.2, -0.15) is 0 Å². The van der Waals surface area contributed by atoms with Crippen molar-refractivity contribution in [2.45, 2.75) is 13.8 Å². The van der Waals surface area contributed by atoms with Gasteiger partial charge >= 0.3 is 12.1 Å². The maximum atomic E-state index is 10.8. The second-order valence-electron chi connectivity index (χ2n) is 2.45. The highest BCUT2D eigenvalue weighted by molar-refractivity contribution is 5.86. The Kier molecular flexibility index (Phi) is 6.19. The first-order valence-corrected chi connectivity index (χ1v) is 4.20. The van der Waals surface area contributed by atoms with Crippen LogP contribution < -0.4 is 0 Å². The summed E-state index contributed by atoms with van der Waals surface area (Å²) in [5.74, 6) is -0.502. The molecule has 0 radical (unpaired) electrons. The molecule has 5 heteroatoms. The molecule has 0 spiro atoms. The van der Waals surface area contributed by atoms with E-state index in [-0.39, 0.29) is 19.8 Å². The van der Waals surface area contributed by atoms with Gasteiger partial charge in [-0.05, 0) is 13.8 Å². The summed E-state index contributed by atoms with van der Waals surface area (Å²) in [6.07, 6.45) is -0.765. The quantitative estimate of drug-likeness (QED) is 0.382. The second-order valence-corrected chi connectivity index (χ2v) is 2.45. The molecule has 0 rings (SSSR count). The van der Waals surface area contributed by atoms with E-state index < -0.39 is 12.1 Å². The zero-order valence-electron chi connectivity index (χ0n) is 8.37. The summed E-state index contributed by atoms with van der Waals surface area (Å²) in [5.41, 5.74) is 0.307. The molecular formula is C9H14O5. The monoisotopic (exact) mass is 202 g/mol. The Morgan fingerprint density at radius 2 is 1.71 bits per heavy atom. The molecule has 0 bridgehead atoms. The standard InChI is InChI=1S/C9H14O5/c1-4-12-9(11)14-6-5-13-8(10)7(2)3/h2,4-6H2,1,3H3. The van der Waals surface area contributed by atoms with Crippen molar-refractivity contribution in [3.63, 3.8) is 0 Å². The van der Waals surface area contributed by atoms with Crippen molar-refractivity contribution < 1.29 is 23.8 Å². The molecule has 0 aliphatic carbocycles. The predicted octanol–water partition coefficient (Wildman–Crippen LogP) is 1.28. The lowest BCUT2D eigenvalue weighted by molar-refractivity contribution is -0.140. The molecule has 0 aromatic carbocycles. The van der Waals surface area contributed by atoms with Gasteiger partial charge in [0.15, 0.2) is 0 Å². The molecule has 0 aliphatic heterocycles. The molecule has 80 valence electrons. The number of carbonyl (C=O) groups is 2. The van der Waals surface area contributed by atoms with E-state index in [9.17, 15) is 9.59 Å². The molecular weight excluding hydrogens is 188 g/mol. The molecule has 0 saturated heterocycles. The van der Waals surface area contributed by atoms with Crippen molar-refractivity contribution in [2.75, 3.05) is 19.8 Å². The van der Waals surface area contributed by atoms with Crippen LogP contribution in [-0.2, 0) is 19.0 Å². The minimum atomic E-state index is -0.765. The summed E-state index contributed by atoms with van der Waals surface area (Å²) in [7, 11) is 0. The van der Waals surface area contributed by atoms with Gasteiger partial charge in [-0.15, -0.1) is 0 Å². The maximum absolute atomic E-state index is 10.8. The van der Waals surface area contributed by atoms with Crippen molar-refractivity contribution in [1.82, 2.24) is 0 Å². The largest absolute Gasteiger partial charge is 0.508 e. The Morgan fingerprint density at radius 1 is 1.14 bits per heavy atom. The van der Waals surface area contributed by atoms with Gasteiger partial charge in [-0.3, -0.25) is 0 Å². The van der Waals surface area contributed by atoms with Crippen LogP contribution in [0.5, 0.6) is 0 Å². The fourth-order valence-corrected chi connectivity index (χ4v) is 0.542. The number of ether oxygens (including phenoxy) is 3. The topological polar surface area (TPSA) is 61.8 Å². The third kappa shape index (κ3) is 6.05. The van der Waals surface area contributed by atoms with E-state index in [1.54, 1.807) is 6.92 Å². The molecule has 0 heterocycles.